The molecular formula is C87H170O17P2. The van der Waals surface area contributed by atoms with Crippen LogP contribution in [0.15, 0.2) is 0 Å². The van der Waals surface area contributed by atoms with Crippen molar-refractivity contribution in [1.82, 2.24) is 0 Å². The second kappa shape index (κ2) is 81.1. The molecule has 19 heteroatoms. The molecular weight excluding hydrogens is 1380 g/mol. The Kier molecular flexibility index (Phi) is 79.6. The van der Waals surface area contributed by atoms with Crippen LogP contribution in [0, 0.1) is 0 Å². The van der Waals surface area contributed by atoms with E-state index in [-0.39, 0.29) is 25.7 Å². The molecule has 0 saturated carbocycles. The van der Waals surface area contributed by atoms with Crippen LogP contribution in [0.25, 0.3) is 0 Å². The molecule has 0 aromatic heterocycles. The van der Waals surface area contributed by atoms with Crippen LogP contribution in [0.1, 0.15) is 477 Å². The van der Waals surface area contributed by atoms with Crippen molar-refractivity contribution in [2.45, 2.75) is 495 Å². The van der Waals surface area contributed by atoms with Gasteiger partial charge in [-0.3, -0.25) is 37.3 Å². The van der Waals surface area contributed by atoms with Crippen molar-refractivity contribution in [2.24, 2.45) is 0 Å². The van der Waals surface area contributed by atoms with Gasteiger partial charge in [0.15, 0.2) is 12.2 Å². The minimum Gasteiger partial charge on any atom is -0.462 e. The van der Waals surface area contributed by atoms with Gasteiger partial charge in [0.05, 0.1) is 26.4 Å². The Morgan fingerprint density at radius 3 is 0.557 bits per heavy atom. The van der Waals surface area contributed by atoms with Crippen molar-refractivity contribution < 1.29 is 80.2 Å². The van der Waals surface area contributed by atoms with E-state index in [9.17, 15) is 43.2 Å². The maximum atomic E-state index is 13.2. The number of esters is 4. The standard InChI is InChI=1S/C87H170O17P2/c1-5-9-13-17-21-25-29-33-36-39-41-42-44-47-50-54-58-62-66-70-74-87(92)104-83(78-98-85(90)72-68-64-60-56-52-48-46-43-40-37-34-30-26-22-18-14-10-6-2)80-102-106(95,96)100-76-81(88)75-99-105(93,94)101-79-82(77-97-84(89)71-67-63-59-55-51-32-28-24-20-16-12-8-4)103-86(91)73-69-65-61-57-53-49-45-38-35-31-27-23-19-15-11-7-3/h81-83,88H,5-80H2,1-4H3,(H,93,94)(H,95,96)/t81-,82+,83+/m0/s1. The molecule has 17 nitrogen and oxygen atoms in total. The summed E-state index contributed by atoms with van der Waals surface area (Å²) < 4.78 is 69.0. The Hall–Kier alpha value is -1.94. The van der Waals surface area contributed by atoms with Crippen molar-refractivity contribution in [3.63, 3.8) is 0 Å². The molecule has 0 saturated heterocycles. The Balaban J connectivity index is 5.25. The molecule has 0 aromatic carbocycles. The highest BCUT2D eigenvalue weighted by Crippen LogP contribution is 2.45. The molecule has 0 aliphatic carbocycles. The first-order valence-corrected chi connectivity index (χ1v) is 48.3. The van der Waals surface area contributed by atoms with E-state index in [4.69, 9.17) is 37.0 Å². The average Bonchev–Trinajstić information content (AvgIpc) is 0.901. The number of rotatable bonds is 88. The molecule has 0 spiro atoms. The normalized spacial score (nSPS) is 13.7. The number of carbonyl (C=O) groups is 4. The molecule has 2 unspecified atom stereocenters. The van der Waals surface area contributed by atoms with Crippen LogP contribution in [-0.4, -0.2) is 96.7 Å². The Morgan fingerprint density at radius 1 is 0.226 bits per heavy atom. The van der Waals surface area contributed by atoms with Gasteiger partial charge in [-0.05, 0) is 25.7 Å². The molecule has 0 bridgehead atoms. The van der Waals surface area contributed by atoms with E-state index in [1.165, 1.54) is 308 Å². The summed E-state index contributed by atoms with van der Waals surface area (Å²) in [6.07, 6.45) is 76.3. The third kappa shape index (κ3) is 80.1. The number of phosphoric ester groups is 2. The van der Waals surface area contributed by atoms with Crippen molar-refractivity contribution in [3.8, 4) is 0 Å². The molecule has 0 rings (SSSR count). The van der Waals surface area contributed by atoms with E-state index in [1.54, 1.807) is 0 Å². The van der Waals surface area contributed by atoms with Gasteiger partial charge in [0, 0.05) is 25.7 Å². The lowest BCUT2D eigenvalue weighted by Crippen LogP contribution is -2.30. The maximum absolute atomic E-state index is 13.2. The third-order valence-electron chi connectivity index (χ3n) is 20.6. The molecule has 0 amide bonds. The molecule has 106 heavy (non-hydrogen) atoms. The fourth-order valence-corrected chi connectivity index (χ4v) is 15.3. The van der Waals surface area contributed by atoms with Crippen LogP contribution in [0.3, 0.4) is 0 Å². The minimum absolute atomic E-state index is 0.109. The monoisotopic (exact) mass is 1550 g/mol. The summed E-state index contributed by atoms with van der Waals surface area (Å²) in [6, 6.07) is 0. The predicted molar refractivity (Wildman–Crippen MR) is 437 cm³/mol. The highest BCUT2D eigenvalue weighted by molar-refractivity contribution is 7.47. The van der Waals surface area contributed by atoms with E-state index < -0.39 is 97.5 Å². The Labute approximate surface area is 651 Å². The van der Waals surface area contributed by atoms with Crippen LogP contribution in [0.2, 0.25) is 0 Å². The van der Waals surface area contributed by atoms with E-state index in [2.05, 4.69) is 27.7 Å². The largest absolute Gasteiger partial charge is 0.472 e. The zero-order valence-corrected chi connectivity index (χ0v) is 71.2. The van der Waals surface area contributed by atoms with Crippen molar-refractivity contribution in [1.29, 1.82) is 0 Å². The van der Waals surface area contributed by atoms with Gasteiger partial charge in [0.1, 0.15) is 19.3 Å². The lowest BCUT2D eigenvalue weighted by molar-refractivity contribution is -0.161. The smallest absolute Gasteiger partial charge is 0.462 e. The number of ether oxygens (including phenoxy) is 4. The molecule has 0 aromatic rings. The topological polar surface area (TPSA) is 237 Å². The summed E-state index contributed by atoms with van der Waals surface area (Å²) in [4.78, 5) is 73.3. The van der Waals surface area contributed by atoms with Gasteiger partial charge in [-0.25, -0.2) is 9.13 Å². The molecule has 0 fully saturated rings. The fourth-order valence-electron chi connectivity index (χ4n) is 13.7. The van der Waals surface area contributed by atoms with Gasteiger partial charge in [-0.15, -0.1) is 0 Å². The number of carbonyl (C=O) groups excluding carboxylic acids is 4. The summed E-state index contributed by atoms with van der Waals surface area (Å²) in [5, 5.41) is 10.7. The summed E-state index contributed by atoms with van der Waals surface area (Å²) in [7, 11) is -9.93. The minimum atomic E-state index is -4.97. The maximum Gasteiger partial charge on any atom is 0.472 e. The average molecular weight is 1550 g/mol. The number of aliphatic hydroxyl groups is 1. The summed E-state index contributed by atoms with van der Waals surface area (Å²) in [5.74, 6) is -2.09. The van der Waals surface area contributed by atoms with Crippen molar-refractivity contribution in [3.05, 3.63) is 0 Å². The number of unbranched alkanes of at least 4 members (excludes halogenated alkanes) is 62. The molecule has 0 aliphatic rings. The third-order valence-corrected chi connectivity index (χ3v) is 22.5. The number of hydrogen-bond donors (Lipinski definition) is 3. The zero-order valence-electron chi connectivity index (χ0n) is 69.4. The van der Waals surface area contributed by atoms with Gasteiger partial charge < -0.3 is 33.8 Å². The zero-order chi connectivity index (χ0) is 77.4. The van der Waals surface area contributed by atoms with Crippen LogP contribution in [0.5, 0.6) is 0 Å². The van der Waals surface area contributed by atoms with Gasteiger partial charge in [-0.2, -0.15) is 0 Å². The number of phosphoric acid groups is 2. The SMILES string of the molecule is CCCCCCCCCCCCCCCCCCCCCCC(=O)O[C@H](COC(=O)CCCCCCCCCCCCCCCCCCCC)COP(=O)(O)OC[C@@H](O)COP(=O)(O)OC[C@@H](COC(=O)CCCCCCCCCCCCCC)OC(=O)CCCCCCCCCCCCCCCCCC. The summed E-state index contributed by atoms with van der Waals surface area (Å²) in [6.45, 7) is 5.07. The first kappa shape index (κ1) is 104. The first-order chi connectivity index (χ1) is 51.7. The lowest BCUT2D eigenvalue weighted by Gasteiger charge is -2.21. The number of hydrogen-bond acceptors (Lipinski definition) is 15. The van der Waals surface area contributed by atoms with E-state index in [0.29, 0.717) is 25.7 Å². The van der Waals surface area contributed by atoms with Crippen molar-refractivity contribution >= 4 is 39.5 Å². The quantitative estimate of drug-likeness (QED) is 0.0222. The lowest BCUT2D eigenvalue weighted by atomic mass is 10.0. The van der Waals surface area contributed by atoms with Crippen LogP contribution < -0.4 is 0 Å². The predicted octanol–water partition coefficient (Wildman–Crippen LogP) is 26.9. The van der Waals surface area contributed by atoms with E-state index in [0.717, 1.165) is 89.9 Å². The second-order valence-corrected chi connectivity index (χ2v) is 34.2. The highest BCUT2D eigenvalue weighted by Gasteiger charge is 2.30. The highest BCUT2D eigenvalue weighted by atomic mass is 31.2. The van der Waals surface area contributed by atoms with Crippen LogP contribution in [-0.2, 0) is 65.4 Å². The van der Waals surface area contributed by atoms with Gasteiger partial charge in [0.25, 0.3) is 0 Å². The molecule has 630 valence electrons. The van der Waals surface area contributed by atoms with Crippen LogP contribution in [0.4, 0.5) is 0 Å². The second-order valence-electron chi connectivity index (χ2n) is 31.3. The summed E-state index contributed by atoms with van der Waals surface area (Å²) in [5.41, 5.74) is 0. The van der Waals surface area contributed by atoms with E-state index >= 15 is 0 Å². The molecule has 0 radical (unpaired) electrons. The van der Waals surface area contributed by atoms with Gasteiger partial charge >= 0.3 is 39.5 Å². The Bertz CT molecular complexity index is 2000. The van der Waals surface area contributed by atoms with E-state index in [1.807, 2.05) is 0 Å². The number of aliphatic hydroxyl groups excluding tert-OH is 1. The van der Waals surface area contributed by atoms with Crippen molar-refractivity contribution in [2.75, 3.05) is 39.6 Å². The Morgan fingerprint density at radius 2 is 0.377 bits per heavy atom. The fraction of sp³-hybridized carbons (Fsp3) is 0.954. The van der Waals surface area contributed by atoms with Gasteiger partial charge in [0.2, 0.25) is 0 Å². The first-order valence-electron chi connectivity index (χ1n) is 45.3. The molecule has 5 atom stereocenters. The van der Waals surface area contributed by atoms with Gasteiger partial charge in [-0.1, -0.05) is 426 Å². The molecule has 3 N–H and O–H groups in total. The van der Waals surface area contributed by atoms with Crippen LogP contribution >= 0.6 is 15.6 Å². The molecule has 0 heterocycles. The molecule has 0 aliphatic heterocycles. The summed E-state index contributed by atoms with van der Waals surface area (Å²) >= 11 is 0.